The summed E-state index contributed by atoms with van der Waals surface area (Å²) in [6.45, 7) is 0. The number of hydrogen-bond acceptors (Lipinski definition) is 7. The number of nitrogens with two attached hydrogens (primary N) is 2. The van der Waals surface area contributed by atoms with Gasteiger partial charge in [0.05, 0.1) is 6.04 Å². The van der Waals surface area contributed by atoms with Gasteiger partial charge in [0.15, 0.2) is 0 Å². The first kappa shape index (κ1) is 24.7. The molecule has 3 amide bonds. The van der Waals surface area contributed by atoms with Crippen molar-refractivity contribution in [3.05, 3.63) is 0 Å². The Balaban J connectivity index is 4.95. The van der Waals surface area contributed by atoms with Gasteiger partial charge < -0.3 is 32.3 Å². The summed E-state index contributed by atoms with van der Waals surface area (Å²) >= 11 is 1.42. The van der Waals surface area contributed by atoms with Crippen LogP contribution in [0.5, 0.6) is 0 Å². The minimum Gasteiger partial charge on any atom is -0.481 e. The maximum atomic E-state index is 12.4. The third-order valence-corrected chi connectivity index (χ3v) is 4.19. The lowest BCUT2D eigenvalue weighted by atomic mass is 10.1. The van der Waals surface area contributed by atoms with Gasteiger partial charge in [0.1, 0.15) is 12.1 Å². The summed E-state index contributed by atoms with van der Waals surface area (Å²) in [5, 5.41) is 22.5. The van der Waals surface area contributed by atoms with Gasteiger partial charge in [-0.1, -0.05) is 0 Å². The van der Waals surface area contributed by atoms with E-state index in [1.54, 1.807) is 6.26 Å². The van der Waals surface area contributed by atoms with Gasteiger partial charge in [-0.3, -0.25) is 19.2 Å². The van der Waals surface area contributed by atoms with Crippen LogP contribution < -0.4 is 22.1 Å². The van der Waals surface area contributed by atoms with Crippen LogP contribution in [-0.2, 0) is 24.0 Å². The Hall–Kier alpha value is -2.34. The molecule has 12 heteroatoms. The molecule has 11 nitrogen and oxygen atoms in total. The average Bonchev–Trinajstić information content (AvgIpc) is 2.58. The zero-order chi connectivity index (χ0) is 21.0. The predicted molar refractivity (Wildman–Crippen MR) is 97.8 cm³/mol. The van der Waals surface area contributed by atoms with Crippen LogP contribution in [0.2, 0.25) is 0 Å². The van der Waals surface area contributed by atoms with E-state index >= 15 is 0 Å². The van der Waals surface area contributed by atoms with Crippen molar-refractivity contribution in [3.63, 3.8) is 0 Å². The van der Waals surface area contributed by atoms with Gasteiger partial charge in [0.2, 0.25) is 17.7 Å². The van der Waals surface area contributed by atoms with E-state index < -0.39 is 54.2 Å². The van der Waals surface area contributed by atoms with Crippen molar-refractivity contribution in [2.75, 3.05) is 12.0 Å². The lowest BCUT2D eigenvalue weighted by Crippen LogP contribution is -2.54. The molecule has 154 valence electrons. The fourth-order valence-corrected chi connectivity index (χ4v) is 2.48. The summed E-state index contributed by atoms with van der Waals surface area (Å²) in [6, 6.07) is -3.49. The van der Waals surface area contributed by atoms with E-state index in [1.165, 1.54) is 11.8 Å². The number of carbonyl (C=O) groups is 5. The quantitative estimate of drug-likeness (QED) is 0.193. The molecule has 0 aromatic carbocycles. The molecule has 0 fully saturated rings. The Morgan fingerprint density at radius 1 is 0.926 bits per heavy atom. The SMILES string of the molecule is CSCCC(NC(=O)C(N)CCC(N)=O)C(=O)NC(CCC(=O)O)C(=O)O. The summed E-state index contributed by atoms with van der Waals surface area (Å²) in [5.74, 6) is -4.10. The second-order valence-electron chi connectivity index (χ2n) is 5.79. The Bertz CT molecular complexity index is 558. The molecule has 0 saturated heterocycles. The minimum absolute atomic E-state index is 0.00833. The summed E-state index contributed by atoms with van der Waals surface area (Å²) in [5.41, 5.74) is 10.7. The van der Waals surface area contributed by atoms with E-state index in [0.717, 1.165) is 0 Å². The summed E-state index contributed by atoms with van der Waals surface area (Å²) in [4.78, 5) is 57.0. The second kappa shape index (κ2) is 12.9. The third-order valence-electron chi connectivity index (χ3n) is 3.54. The highest BCUT2D eigenvalue weighted by molar-refractivity contribution is 7.98. The number of thioether (sulfide) groups is 1. The van der Waals surface area contributed by atoms with Gasteiger partial charge in [0, 0.05) is 12.8 Å². The molecule has 3 unspecified atom stereocenters. The molecular formula is C15H26N4O7S. The average molecular weight is 406 g/mol. The smallest absolute Gasteiger partial charge is 0.326 e. The Labute approximate surface area is 160 Å². The van der Waals surface area contributed by atoms with Crippen LogP contribution in [-0.4, -0.2) is 70.0 Å². The molecule has 0 heterocycles. The van der Waals surface area contributed by atoms with Crippen LogP contribution in [0.25, 0.3) is 0 Å². The van der Waals surface area contributed by atoms with Crippen LogP contribution in [0, 0.1) is 0 Å². The summed E-state index contributed by atoms with van der Waals surface area (Å²) in [6.07, 6.45) is 1.20. The van der Waals surface area contributed by atoms with Crippen LogP contribution in [0.15, 0.2) is 0 Å². The molecule has 0 saturated carbocycles. The van der Waals surface area contributed by atoms with Gasteiger partial charge in [-0.15, -0.1) is 0 Å². The molecule has 0 radical (unpaired) electrons. The zero-order valence-electron chi connectivity index (χ0n) is 15.0. The number of carbonyl (C=O) groups excluding carboxylic acids is 3. The van der Waals surface area contributed by atoms with E-state index in [4.69, 9.17) is 21.7 Å². The zero-order valence-corrected chi connectivity index (χ0v) is 15.8. The molecule has 0 rings (SSSR count). The van der Waals surface area contributed by atoms with Gasteiger partial charge >= 0.3 is 11.9 Å². The topological polar surface area (TPSA) is 202 Å². The van der Waals surface area contributed by atoms with Gasteiger partial charge in [0.25, 0.3) is 0 Å². The first-order valence-corrected chi connectivity index (χ1v) is 9.56. The van der Waals surface area contributed by atoms with Crippen molar-refractivity contribution in [1.82, 2.24) is 10.6 Å². The highest BCUT2D eigenvalue weighted by atomic mass is 32.2. The molecule has 3 atom stereocenters. The summed E-state index contributed by atoms with van der Waals surface area (Å²) < 4.78 is 0. The number of carboxylic acid groups (broad SMARTS) is 2. The number of primary amides is 1. The molecule has 0 bridgehead atoms. The van der Waals surface area contributed by atoms with Crippen molar-refractivity contribution in [2.24, 2.45) is 11.5 Å². The normalized spacial score (nSPS) is 13.9. The molecule has 0 aliphatic carbocycles. The van der Waals surface area contributed by atoms with E-state index in [2.05, 4.69) is 10.6 Å². The Morgan fingerprint density at radius 2 is 1.52 bits per heavy atom. The molecule has 0 aliphatic heterocycles. The fourth-order valence-electron chi connectivity index (χ4n) is 2.01. The van der Waals surface area contributed by atoms with Crippen molar-refractivity contribution in [1.29, 1.82) is 0 Å². The summed E-state index contributed by atoms with van der Waals surface area (Å²) in [7, 11) is 0. The number of hydrogen-bond donors (Lipinski definition) is 6. The van der Waals surface area contributed by atoms with E-state index in [0.29, 0.717) is 5.75 Å². The second-order valence-corrected chi connectivity index (χ2v) is 6.77. The lowest BCUT2D eigenvalue weighted by molar-refractivity contribution is -0.143. The molecular weight excluding hydrogens is 380 g/mol. The maximum absolute atomic E-state index is 12.4. The fraction of sp³-hybridized carbons (Fsp3) is 0.667. The van der Waals surface area contributed by atoms with Crippen LogP contribution in [0.3, 0.4) is 0 Å². The van der Waals surface area contributed by atoms with Crippen molar-refractivity contribution < 1.29 is 34.2 Å². The van der Waals surface area contributed by atoms with Crippen LogP contribution >= 0.6 is 11.8 Å². The van der Waals surface area contributed by atoms with E-state index in [1.807, 2.05) is 0 Å². The van der Waals surface area contributed by atoms with Crippen molar-refractivity contribution in [2.45, 2.75) is 50.2 Å². The van der Waals surface area contributed by atoms with Gasteiger partial charge in [-0.2, -0.15) is 11.8 Å². The minimum atomic E-state index is -1.40. The standard InChI is InChI=1S/C15H26N4O7S/c1-27-7-6-9(18-13(23)8(16)2-4-11(17)20)14(24)19-10(15(25)26)3-5-12(21)22/h8-10H,2-7,16H2,1H3,(H2,17,20)(H,18,23)(H,19,24)(H,21,22)(H,25,26). The number of carboxylic acids is 2. The highest BCUT2D eigenvalue weighted by Crippen LogP contribution is 2.05. The number of rotatable bonds is 14. The molecule has 27 heavy (non-hydrogen) atoms. The molecule has 8 N–H and O–H groups in total. The molecule has 0 aliphatic rings. The molecule has 0 aromatic rings. The van der Waals surface area contributed by atoms with E-state index in [-0.39, 0.29) is 25.7 Å². The third kappa shape index (κ3) is 11.1. The van der Waals surface area contributed by atoms with E-state index in [9.17, 15) is 24.0 Å². The Morgan fingerprint density at radius 3 is 2.00 bits per heavy atom. The van der Waals surface area contributed by atoms with Gasteiger partial charge in [-0.25, -0.2) is 4.79 Å². The monoisotopic (exact) mass is 406 g/mol. The van der Waals surface area contributed by atoms with Gasteiger partial charge in [-0.05, 0) is 31.3 Å². The largest absolute Gasteiger partial charge is 0.481 e. The predicted octanol–water partition coefficient (Wildman–Crippen LogP) is -1.75. The van der Waals surface area contributed by atoms with Crippen LogP contribution in [0.1, 0.15) is 32.1 Å². The number of amides is 3. The van der Waals surface area contributed by atoms with Crippen molar-refractivity contribution in [3.8, 4) is 0 Å². The maximum Gasteiger partial charge on any atom is 0.326 e. The number of nitrogens with one attached hydrogen (secondary N) is 2. The first-order chi connectivity index (χ1) is 12.6. The van der Waals surface area contributed by atoms with Crippen molar-refractivity contribution >= 4 is 41.4 Å². The number of aliphatic carboxylic acids is 2. The Kier molecular flexibility index (Phi) is 11.8. The van der Waals surface area contributed by atoms with Crippen LogP contribution in [0.4, 0.5) is 0 Å². The molecule has 0 aromatic heterocycles. The lowest BCUT2D eigenvalue weighted by Gasteiger charge is -2.22. The molecule has 0 spiro atoms. The first-order valence-electron chi connectivity index (χ1n) is 8.16. The highest BCUT2D eigenvalue weighted by Gasteiger charge is 2.28.